The van der Waals surface area contributed by atoms with Crippen LogP contribution in [0.2, 0.25) is 0 Å². The zero-order valence-corrected chi connectivity index (χ0v) is 13.4. The van der Waals surface area contributed by atoms with E-state index in [1.165, 1.54) is 23.9 Å². The second kappa shape index (κ2) is 7.96. The Bertz CT molecular complexity index is 746. The highest BCUT2D eigenvalue weighted by molar-refractivity contribution is 7.98. The minimum absolute atomic E-state index is 0.188. The molecule has 0 aliphatic carbocycles. The van der Waals surface area contributed by atoms with E-state index < -0.39 is 17.8 Å². The Kier molecular flexibility index (Phi) is 5.97. The predicted octanol–water partition coefficient (Wildman–Crippen LogP) is 4.83. The first-order valence-corrected chi connectivity index (χ1v) is 7.97. The summed E-state index contributed by atoms with van der Waals surface area (Å²) in [6.45, 7) is 0. The highest BCUT2D eigenvalue weighted by atomic mass is 32.2. The zero-order valence-electron chi connectivity index (χ0n) is 12.5. The second-order valence-electron chi connectivity index (χ2n) is 4.48. The lowest BCUT2D eigenvalue weighted by Crippen LogP contribution is -2.08. The summed E-state index contributed by atoms with van der Waals surface area (Å²) in [5, 5.41) is 3.26. The summed E-state index contributed by atoms with van der Waals surface area (Å²) in [6.07, 6.45) is -2.01. The van der Waals surface area contributed by atoms with Crippen molar-refractivity contribution < 1.29 is 17.6 Å². The van der Waals surface area contributed by atoms with Gasteiger partial charge in [0.15, 0.2) is 0 Å². The molecule has 126 valence electrons. The number of nitrogens with zero attached hydrogens (tertiary/aromatic N) is 3. The molecule has 0 N–H and O–H groups in total. The molecule has 1 aromatic heterocycles. The van der Waals surface area contributed by atoms with Gasteiger partial charge in [-0.2, -0.15) is 13.2 Å². The monoisotopic (exact) mass is 355 g/mol. The Morgan fingerprint density at radius 1 is 1.00 bits per heavy atom. The van der Waals surface area contributed by atoms with Crippen LogP contribution in [0.15, 0.2) is 65.8 Å². The second-order valence-corrected chi connectivity index (χ2v) is 5.33. The number of thioether (sulfide) groups is 1. The van der Waals surface area contributed by atoms with Gasteiger partial charge in [-0.1, -0.05) is 36.4 Å². The van der Waals surface area contributed by atoms with Gasteiger partial charge in [0, 0.05) is 11.0 Å². The van der Waals surface area contributed by atoms with E-state index in [0.29, 0.717) is 4.90 Å². The summed E-state index contributed by atoms with van der Waals surface area (Å²) >= 11 is 1.21. The molecule has 8 heteroatoms. The van der Waals surface area contributed by atoms with Gasteiger partial charge in [0.2, 0.25) is 0 Å². The van der Waals surface area contributed by atoms with Crippen LogP contribution in [0.5, 0.6) is 0 Å². The maximum atomic E-state index is 13.5. The molecule has 1 heterocycles. The topological polar surface area (TPSA) is 30.7 Å². The van der Waals surface area contributed by atoms with E-state index in [2.05, 4.69) is 10.1 Å². The average molecular weight is 355 g/mol. The first-order chi connectivity index (χ1) is 11.4. The van der Waals surface area contributed by atoms with Gasteiger partial charge in [0.25, 0.3) is 5.82 Å². The maximum absolute atomic E-state index is 13.5. The van der Waals surface area contributed by atoms with Crippen LogP contribution in [-0.4, -0.2) is 21.0 Å². The van der Waals surface area contributed by atoms with Crippen molar-refractivity contribution in [2.45, 2.75) is 11.1 Å². The van der Waals surface area contributed by atoms with Crippen LogP contribution in [0.1, 0.15) is 5.82 Å². The van der Waals surface area contributed by atoms with Crippen molar-refractivity contribution >= 4 is 11.8 Å². The summed E-state index contributed by atoms with van der Waals surface area (Å²) in [5.41, 5.74) is 0.188. The number of hydrogen-bond acceptors (Lipinski definition) is 3. The molecule has 0 aliphatic rings. The lowest BCUT2D eigenvalue weighted by atomic mass is 10.3. The van der Waals surface area contributed by atoms with Gasteiger partial charge in [0.05, 0.1) is 5.69 Å². The molecule has 0 aliphatic heterocycles. The summed E-state index contributed by atoms with van der Waals surface area (Å²) < 4.78 is 51.3. The largest absolute Gasteiger partial charge is 0.453 e. The molecule has 0 unspecified atom stereocenters. The minimum atomic E-state index is -4.61. The fourth-order valence-electron chi connectivity index (χ4n) is 1.70. The SMILES string of the molecule is CSc1ccc(-n2cnc(C(F)(F)F)n2)cc1F.c1ccccc1. The Balaban J connectivity index is 0.000000292. The fourth-order valence-corrected chi connectivity index (χ4v) is 2.16. The molecule has 3 aromatic rings. The Labute approximate surface area is 140 Å². The number of alkyl halides is 3. The average Bonchev–Trinajstić information content (AvgIpc) is 3.07. The van der Waals surface area contributed by atoms with E-state index in [4.69, 9.17) is 0 Å². The number of benzene rings is 2. The molecule has 0 saturated carbocycles. The lowest BCUT2D eigenvalue weighted by Gasteiger charge is -2.04. The Morgan fingerprint density at radius 2 is 1.58 bits per heavy atom. The molecule has 24 heavy (non-hydrogen) atoms. The van der Waals surface area contributed by atoms with Crippen LogP contribution in [0.25, 0.3) is 5.69 Å². The van der Waals surface area contributed by atoms with Gasteiger partial charge in [-0.25, -0.2) is 14.1 Å². The Hall–Kier alpha value is -2.35. The maximum Gasteiger partial charge on any atom is 0.453 e. The van der Waals surface area contributed by atoms with Gasteiger partial charge < -0.3 is 0 Å². The van der Waals surface area contributed by atoms with E-state index in [9.17, 15) is 17.6 Å². The molecule has 0 atom stereocenters. The third kappa shape index (κ3) is 4.82. The predicted molar refractivity (Wildman–Crippen MR) is 84.5 cm³/mol. The van der Waals surface area contributed by atoms with Crippen molar-refractivity contribution in [2.75, 3.05) is 6.26 Å². The van der Waals surface area contributed by atoms with Gasteiger partial charge >= 0.3 is 6.18 Å². The fraction of sp³-hybridized carbons (Fsp3) is 0.125. The van der Waals surface area contributed by atoms with Crippen molar-refractivity contribution in [3.63, 3.8) is 0 Å². The van der Waals surface area contributed by atoms with E-state index in [0.717, 1.165) is 17.1 Å². The number of hydrogen-bond donors (Lipinski definition) is 0. The van der Waals surface area contributed by atoms with Crippen molar-refractivity contribution in [3.05, 3.63) is 72.6 Å². The Morgan fingerprint density at radius 3 is 2.00 bits per heavy atom. The summed E-state index contributed by atoms with van der Waals surface area (Å²) in [4.78, 5) is 3.55. The molecule has 0 spiro atoms. The summed E-state index contributed by atoms with van der Waals surface area (Å²) in [6, 6.07) is 16.1. The normalized spacial score (nSPS) is 10.9. The molecular weight excluding hydrogens is 342 g/mol. The molecule has 0 saturated heterocycles. The van der Waals surface area contributed by atoms with Crippen LogP contribution >= 0.6 is 11.8 Å². The standard InChI is InChI=1S/C10H7F4N3S.C6H6/c1-18-8-3-2-6(4-7(8)11)17-5-15-9(16-17)10(12,13)14;1-2-4-6-5-3-1/h2-5H,1H3;1-6H. The third-order valence-electron chi connectivity index (χ3n) is 2.81. The molecule has 0 radical (unpaired) electrons. The first kappa shape index (κ1) is 18.0. The number of aromatic nitrogens is 3. The highest BCUT2D eigenvalue weighted by Gasteiger charge is 2.35. The molecule has 0 amide bonds. The van der Waals surface area contributed by atoms with Crippen LogP contribution in [0.4, 0.5) is 17.6 Å². The minimum Gasteiger partial charge on any atom is -0.220 e. The quantitative estimate of drug-likeness (QED) is 0.487. The number of rotatable bonds is 2. The van der Waals surface area contributed by atoms with Crippen molar-refractivity contribution in [1.82, 2.24) is 14.8 Å². The van der Waals surface area contributed by atoms with Gasteiger partial charge in [-0.15, -0.1) is 16.9 Å². The molecule has 3 rings (SSSR count). The van der Waals surface area contributed by atoms with Crippen molar-refractivity contribution in [2.24, 2.45) is 0 Å². The molecule has 0 fully saturated rings. The smallest absolute Gasteiger partial charge is 0.220 e. The van der Waals surface area contributed by atoms with E-state index in [-0.39, 0.29) is 5.69 Å². The van der Waals surface area contributed by atoms with Crippen molar-refractivity contribution in [1.29, 1.82) is 0 Å². The zero-order chi connectivity index (χ0) is 17.6. The van der Waals surface area contributed by atoms with E-state index in [1.54, 1.807) is 6.26 Å². The van der Waals surface area contributed by atoms with Crippen LogP contribution < -0.4 is 0 Å². The lowest BCUT2D eigenvalue weighted by molar-refractivity contribution is -0.144. The van der Waals surface area contributed by atoms with Crippen LogP contribution in [-0.2, 0) is 6.18 Å². The molecule has 0 bridgehead atoms. The van der Waals surface area contributed by atoms with E-state index >= 15 is 0 Å². The number of halogens is 4. The molecule has 2 aromatic carbocycles. The summed E-state index contributed by atoms with van der Waals surface area (Å²) in [5.74, 6) is -1.76. The third-order valence-corrected chi connectivity index (χ3v) is 3.58. The van der Waals surface area contributed by atoms with Crippen molar-refractivity contribution in [3.8, 4) is 5.69 Å². The first-order valence-electron chi connectivity index (χ1n) is 6.74. The summed E-state index contributed by atoms with van der Waals surface area (Å²) in [7, 11) is 0. The van der Waals surface area contributed by atoms with Crippen LogP contribution in [0, 0.1) is 5.82 Å². The highest BCUT2D eigenvalue weighted by Crippen LogP contribution is 2.26. The van der Waals surface area contributed by atoms with Gasteiger partial charge in [-0.3, -0.25) is 0 Å². The van der Waals surface area contributed by atoms with E-state index in [1.807, 2.05) is 36.4 Å². The van der Waals surface area contributed by atoms with Crippen LogP contribution in [0.3, 0.4) is 0 Å². The molecule has 3 nitrogen and oxygen atoms in total. The van der Waals surface area contributed by atoms with Gasteiger partial charge in [0.1, 0.15) is 12.1 Å². The van der Waals surface area contributed by atoms with Gasteiger partial charge in [-0.05, 0) is 18.4 Å². The molecular formula is C16H13F4N3S.